The van der Waals surface area contributed by atoms with Gasteiger partial charge in [-0.1, -0.05) is 0 Å². The fraction of sp³-hybridized carbons (Fsp3) is 0.643. The molecule has 118 valence electrons. The van der Waals surface area contributed by atoms with Gasteiger partial charge in [-0.2, -0.15) is 4.31 Å². The second-order valence-electron chi connectivity index (χ2n) is 5.47. The van der Waals surface area contributed by atoms with Gasteiger partial charge in [-0.15, -0.1) is 0 Å². The molecule has 1 saturated heterocycles. The third-order valence-corrected chi connectivity index (χ3v) is 5.87. The first-order valence-electron chi connectivity index (χ1n) is 7.31. The van der Waals surface area contributed by atoms with Gasteiger partial charge in [0.2, 0.25) is 10.0 Å². The van der Waals surface area contributed by atoms with E-state index in [0.29, 0.717) is 5.82 Å². The molecule has 0 unspecified atom stereocenters. The highest BCUT2D eigenvalue weighted by Gasteiger charge is 2.30. The average Bonchev–Trinajstić information content (AvgIpc) is 2.48. The van der Waals surface area contributed by atoms with Crippen molar-refractivity contribution in [1.29, 1.82) is 0 Å². The molecule has 0 radical (unpaired) electrons. The molecule has 1 aliphatic heterocycles. The maximum absolute atomic E-state index is 12.6. The van der Waals surface area contributed by atoms with Crippen molar-refractivity contribution >= 4 is 15.8 Å². The fourth-order valence-corrected chi connectivity index (χ4v) is 3.90. The van der Waals surface area contributed by atoms with Gasteiger partial charge in [0.15, 0.2) is 0 Å². The number of rotatable bonds is 5. The predicted molar refractivity (Wildman–Crippen MR) is 83.9 cm³/mol. The molecule has 1 aromatic rings. The molecule has 6 nitrogen and oxygen atoms in total. The maximum Gasteiger partial charge on any atom is 0.244 e. The Morgan fingerprint density at radius 3 is 2.57 bits per heavy atom. The van der Waals surface area contributed by atoms with Crippen LogP contribution in [0.3, 0.4) is 0 Å². The van der Waals surface area contributed by atoms with E-state index in [2.05, 4.69) is 22.2 Å². The van der Waals surface area contributed by atoms with Crippen LogP contribution in [0.1, 0.15) is 19.8 Å². The van der Waals surface area contributed by atoms with Crippen LogP contribution in [0.25, 0.3) is 0 Å². The summed E-state index contributed by atoms with van der Waals surface area (Å²) in [4.78, 5) is 6.63. The van der Waals surface area contributed by atoms with Crippen LogP contribution in [0.4, 0.5) is 5.82 Å². The molecule has 7 heteroatoms. The SMILES string of the molecule is CCNc1ccc(S(=O)(=O)N(C)C2CCN(C)CC2)cn1. The number of anilines is 1. The Balaban J connectivity index is 2.13. The first kappa shape index (κ1) is 16.2. The average molecular weight is 312 g/mol. The number of nitrogens with zero attached hydrogens (tertiary/aromatic N) is 3. The molecule has 2 rings (SSSR count). The van der Waals surface area contributed by atoms with Crippen molar-refractivity contribution in [3.8, 4) is 0 Å². The summed E-state index contributed by atoms with van der Waals surface area (Å²) in [7, 11) is 0.270. The Morgan fingerprint density at radius 1 is 1.38 bits per heavy atom. The van der Waals surface area contributed by atoms with Gasteiger partial charge in [0.25, 0.3) is 0 Å². The van der Waals surface area contributed by atoms with Crippen molar-refractivity contribution < 1.29 is 8.42 Å². The lowest BCUT2D eigenvalue weighted by Crippen LogP contribution is -2.44. The minimum atomic E-state index is -3.46. The van der Waals surface area contributed by atoms with E-state index < -0.39 is 10.0 Å². The van der Waals surface area contributed by atoms with Crippen molar-refractivity contribution in [1.82, 2.24) is 14.2 Å². The number of piperidine rings is 1. The Labute approximate surface area is 127 Å². The van der Waals surface area contributed by atoms with Gasteiger partial charge in [0, 0.05) is 25.8 Å². The number of hydrogen-bond donors (Lipinski definition) is 1. The monoisotopic (exact) mass is 312 g/mol. The summed E-state index contributed by atoms with van der Waals surface area (Å²) in [5.74, 6) is 0.693. The zero-order chi connectivity index (χ0) is 15.5. The molecule has 0 amide bonds. The van der Waals surface area contributed by atoms with Gasteiger partial charge >= 0.3 is 0 Å². The van der Waals surface area contributed by atoms with Gasteiger partial charge in [-0.25, -0.2) is 13.4 Å². The minimum absolute atomic E-state index is 0.0691. The van der Waals surface area contributed by atoms with Crippen LogP contribution in [0, 0.1) is 0 Å². The second-order valence-corrected chi connectivity index (χ2v) is 7.46. The molecule has 0 aromatic carbocycles. The van der Waals surface area contributed by atoms with Gasteiger partial charge in [-0.3, -0.25) is 0 Å². The summed E-state index contributed by atoms with van der Waals surface area (Å²) in [5, 5.41) is 3.06. The quantitative estimate of drug-likeness (QED) is 0.886. The van der Waals surface area contributed by atoms with E-state index in [1.807, 2.05) is 6.92 Å². The number of likely N-dealkylation sites (tertiary alicyclic amines) is 1. The smallest absolute Gasteiger partial charge is 0.244 e. The highest BCUT2D eigenvalue weighted by molar-refractivity contribution is 7.89. The third-order valence-electron chi connectivity index (χ3n) is 3.97. The standard InChI is InChI=1S/C14H24N4O2S/c1-4-15-14-6-5-13(11-16-14)21(19,20)18(3)12-7-9-17(2)10-8-12/h5-6,11-12H,4,7-10H2,1-3H3,(H,15,16). The third kappa shape index (κ3) is 3.72. The van der Waals surface area contributed by atoms with E-state index in [1.54, 1.807) is 19.2 Å². The highest BCUT2D eigenvalue weighted by Crippen LogP contribution is 2.22. The molecule has 0 bridgehead atoms. The van der Waals surface area contributed by atoms with E-state index in [4.69, 9.17) is 0 Å². The van der Waals surface area contributed by atoms with E-state index in [9.17, 15) is 8.42 Å². The van der Waals surface area contributed by atoms with Crippen LogP contribution in [-0.4, -0.2) is 62.4 Å². The summed E-state index contributed by atoms with van der Waals surface area (Å²) in [6.45, 7) is 4.60. The molecular formula is C14H24N4O2S. The lowest BCUT2D eigenvalue weighted by Gasteiger charge is -2.34. The van der Waals surface area contributed by atoms with Crippen LogP contribution in [-0.2, 0) is 10.0 Å². The largest absolute Gasteiger partial charge is 0.370 e. The van der Waals surface area contributed by atoms with Crippen LogP contribution in [0.5, 0.6) is 0 Å². The molecule has 2 heterocycles. The first-order valence-corrected chi connectivity index (χ1v) is 8.75. The number of pyridine rings is 1. The molecule has 1 aliphatic rings. The van der Waals surface area contributed by atoms with Crippen LogP contribution in [0.15, 0.2) is 23.2 Å². The molecule has 1 aromatic heterocycles. The Kier molecular flexibility index (Phi) is 5.18. The topological polar surface area (TPSA) is 65.5 Å². The molecule has 1 fully saturated rings. The summed E-state index contributed by atoms with van der Waals surface area (Å²) in [6.07, 6.45) is 3.17. The number of sulfonamides is 1. The summed E-state index contributed by atoms with van der Waals surface area (Å²) in [5.41, 5.74) is 0. The van der Waals surface area contributed by atoms with Gasteiger partial charge in [0.05, 0.1) is 0 Å². The van der Waals surface area contributed by atoms with E-state index in [0.717, 1.165) is 32.5 Å². The molecule has 0 spiro atoms. The van der Waals surface area contributed by atoms with Crippen LogP contribution < -0.4 is 5.32 Å². The van der Waals surface area contributed by atoms with Crippen LogP contribution >= 0.6 is 0 Å². The Bertz CT molecular complexity index is 551. The van der Waals surface area contributed by atoms with Crippen molar-refractivity contribution in [3.05, 3.63) is 18.3 Å². The van der Waals surface area contributed by atoms with E-state index >= 15 is 0 Å². The molecule has 0 saturated carbocycles. The molecule has 0 aliphatic carbocycles. The number of hydrogen-bond acceptors (Lipinski definition) is 5. The maximum atomic E-state index is 12.6. The zero-order valence-corrected chi connectivity index (χ0v) is 13.7. The molecular weight excluding hydrogens is 288 g/mol. The van der Waals surface area contributed by atoms with Crippen molar-refractivity contribution in [2.45, 2.75) is 30.7 Å². The highest BCUT2D eigenvalue weighted by atomic mass is 32.2. The summed E-state index contributed by atoms with van der Waals surface area (Å²) < 4.78 is 26.8. The lowest BCUT2D eigenvalue weighted by atomic mass is 10.1. The molecule has 21 heavy (non-hydrogen) atoms. The van der Waals surface area contributed by atoms with Gasteiger partial charge < -0.3 is 10.2 Å². The first-order chi connectivity index (χ1) is 9.95. The van der Waals surface area contributed by atoms with E-state index in [1.165, 1.54) is 10.5 Å². The fourth-order valence-electron chi connectivity index (χ4n) is 2.54. The number of nitrogens with one attached hydrogen (secondary N) is 1. The number of aromatic nitrogens is 1. The minimum Gasteiger partial charge on any atom is -0.370 e. The predicted octanol–water partition coefficient (Wildman–Crippen LogP) is 1.23. The van der Waals surface area contributed by atoms with E-state index in [-0.39, 0.29) is 10.9 Å². The second kappa shape index (κ2) is 6.72. The van der Waals surface area contributed by atoms with Crippen molar-refractivity contribution in [2.24, 2.45) is 0 Å². The molecule has 0 atom stereocenters. The van der Waals surface area contributed by atoms with Crippen molar-refractivity contribution in [2.75, 3.05) is 39.0 Å². The normalized spacial score (nSPS) is 18.1. The van der Waals surface area contributed by atoms with Gasteiger partial charge in [0.1, 0.15) is 10.7 Å². The zero-order valence-electron chi connectivity index (χ0n) is 12.9. The van der Waals surface area contributed by atoms with Gasteiger partial charge in [-0.05, 0) is 52.0 Å². The summed E-state index contributed by atoms with van der Waals surface area (Å²) in [6, 6.07) is 3.39. The lowest BCUT2D eigenvalue weighted by molar-refractivity contribution is 0.197. The van der Waals surface area contributed by atoms with Crippen LogP contribution in [0.2, 0.25) is 0 Å². The summed E-state index contributed by atoms with van der Waals surface area (Å²) >= 11 is 0. The Morgan fingerprint density at radius 2 is 2.05 bits per heavy atom. The Hall–Kier alpha value is -1.18. The molecule has 1 N–H and O–H groups in total. The van der Waals surface area contributed by atoms with Crippen molar-refractivity contribution in [3.63, 3.8) is 0 Å².